The Kier molecular flexibility index (Phi) is 13.4. The van der Waals surface area contributed by atoms with E-state index < -0.39 is 0 Å². The molecule has 0 aliphatic heterocycles. The molecule has 0 fully saturated rings. The van der Waals surface area contributed by atoms with Crippen LogP contribution in [0.4, 0.5) is 0 Å². The minimum absolute atomic E-state index is 0. The van der Waals surface area contributed by atoms with Crippen molar-refractivity contribution < 1.29 is 14.3 Å². The van der Waals surface area contributed by atoms with E-state index in [0.29, 0.717) is 31.9 Å². The highest BCUT2D eigenvalue weighted by atomic mass is 127. The molecule has 32 heavy (non-hydrogen) atoms. The summed E-state index contributed by atoms with van der Waals surface area (Å²) in [7, 11) is 3.32. The van der Waals surface area contributed by atoms with E-state index in [9.17, 15) is 4.79 Å². The van der Waals surface area contributed by atoms with Crippen molar-refractivity contribution in [2.24, 2.45) is 4.99 Å². The second-order valence-electron chi connectivity index (χ2n) is 7.13. The lowest BCUT2D eigenvalue weighted by Gasteiger charge is -2.15. The van der Waals surface area contributed by atoms with E-state index in [2.05, 4.69) is 46.1 Å². The van der Waals surface area contributed by atoms with Gasteiger partial charge in [0.2, 0.25) is 0 Å². The number of carbonyl (C=O) groups is 1. The average molecular weight is 554 g/mol. The highest BCUT2D eigenvalue weighted by Crippen LogP contribution is 2.20. The Morgan fingerprint density at radius 3 is 2.47 bits per heavy atom. The first-order valence-electron chi connectivity index (χ1n) is 10.6. The number of rotatable bonds is 11. The lowest BCUT2D eigenvalue weighted by molar-refractivity contribution is 0.0963. The normalized spacial score (nSPS) is 10.8. The van der Waals surface area contributed by atoms with Crippen molar-refractivity contribution in [1.82, 2.24) is 16.0 Å². The number of nitrogens with zero attached hydrogens (tertiary/aromatic N) is 1. The number of ether oxygens (including phenoxy) is 2. The van der Waals surface area contributed by atoms with Crippen LogP contribution in [0.5, 0.6) is 5.75 Å². The van der Waals surface area contributed by atoms with Crippen molar-refractivity contribution in [3.8, 4) is 5.75 Å². The zero-order chi connectivity index (χ0) is 22.5. The molecule has 2 aromatic rings. The van der Waals surface area contributed by atoms with Gasteiger partial charge in [-0.15, -0.1) is 24.0 Å². The van der Waals surface area contributed by atoms with Crippen LogP contribution in [0.25, 0.3) is 0 Å². The second-order valence-corrected chi connectivity index (χ2v) is 7.13. The lowest BCUT2D eigenvalue weighted by atomic mass is 10.1. The first-order chi connectivity index (χ1) is 15.1. The molecule has 0 saturated carbocycles. The monoisotopic (exact) mass is 554 g/mol. The van der Waals surface area contributed by atoms with Gasteiger partial charge < -0.3 is 25.4 Å². The Balaban J connectivity index is 0.00000512. The molecule has 0 saturated heterocycles. The zero-order valence-corrected chi connectivity index (χ0v) is 21.7. The van der Waals surface area contributed by atoms with Gasteiger partial charge in [-0.3, -0.25) is 4.79 Å². The topological polar surface area (TPSA) is 84.0 Å². The molecule has 1 amide bonds. The number of aliphatic imine (C=N–C) groups is 1. The van der Waals surface area contributed by atoms with Crippen LogP contribution in [-0.2, 0) is 17.8 Å². The van der Waals surface area contributed by atoms with Gasteiger partial charge in [-0.25, -0.2) is 4.99 Å². The van der Waals surface area contributed by atoms with Crippen molar-refractivity contribution in [1.29, 1.82) is 0 Å². The molecule has 0 atom stereocenters. The molecule has 0 radical (unpaired) electrons. The zero-order valence-electron chi connectivity index (χ0n) is 19.4. The number of carbonyl (C=O) groups excluding carboxylic acids is 1. The fourth-order valence-corrected chi connectivity index (χ4v) is 2.92. The Morgan fingerprint density at radius 1 is 1.06 bits per heavy atom. The molecular formula is C24H35IN4O3. The van der Waals surface area contributed by atoms with Gasteiger partial charge in [0.15, 0.2) is 5.96 Å². The maximum atomic E-state index is 11.7. The molecule has 7 nitrogen and oxygen atoms in total. The minimum atomic E-state index is -0.0941. The molecule has 8 heteroatoms. The van der Waals surface area contributed by atoms with Gasteiger partial charge in [0, 0.05) is 51.4 Å². The van der Waals surface area contributed by atoms with E-state index in [-0.39, 0.29) is 29.9 Å². The van der Waals surface area contributed by atoms with Gasteiger partial charge >= 0.3 is 0 Å². The largest absolute Gasteiger partial charge is 0.493 e. The summed E-state index contributed by atoms with van der Waals surface area (Å²) in [5.41, 5.74) is 3.90. The molecule has 0 aliphatic rings. The summed E-state index contributed by atoms with van der Waals surface area (Å²) in [6, 6.07) is 13.7. The number of amides is 1. The van der Waals surface area contributed by atoms with E-state index in [1.54, 1.807) is 14.2 Å². The number of benzene rings is 2. The van der Waals surface area contributed by atoms with Crippen molar-refractivity contribution in [3.05, 3.63) is 64.7 Å². The smallest absolute Gasteiger partial charge is 0.251 e. The molecule has 0 heterocycles. The van der Waals surface area contributed by atoms with Crippen LogP contribution in [0.1, 0.15) is 40.4 Å². The van der Waals surface area contributed by atoms with E-state index >= 15 is 0 Å². The van der Waals surface area contributed by atoms with Crippen molar-refractivity contribution in [2.45, 2.75) is 33.4 Å². The summed E-state index contributed by atoms with van der Waals surface area (Å²) in [6.45, 7) is 7.26. The van der Waals surface area contributed by atoms with Crippen molar-refractivity contribution in [3.63, 3.8) is 0 Å². The number of hydrogen-bond donors (Lipinski definition) is 3. The summed E-state index contributed by atoms with van der Waals surface area (Å²) in [4.78, 5) is 16.3. The number of halogens is 1. The Bertz CT molecular complexity index is 857. The summed E-state index contributed by atoms with van der Waals surface area (Å²) >= 11 is 0. The lowest BCUT2D eigenvalue weighted by Crippen LogP contribution is -2.36. The van der Waals surface area contributed by atoms with Crippen LogP contribution in [0.3, 0.4) is 0 Å². The fraction of sp³-hybridized carbons (Fsp3) is 0.417. The Labute approximate surface area is 208 Å². The average Bonchev–Trinajstić information content (AvgIpc) is 2.79. The molecule has 0 bridgehead atoms. The molecule has 0 aliphatic carbocycles. The van der Waals surface area contributed by atoms with Gasteiger partial charge in [0.05, 0.1) is 13.2 Å². The molecule has 0 spiro atoms. The van der Waals surface area contributed by atoms with Crippen molar-refractivity contribution in [2.75, 3.05) is 33.9 Å². The first kappa shape index (κ1) is 27.7. The maximum Gasteiger partial charge on any atom is 0.251 e. The number of methoxy groups -OCH3 is 1. The molecular weight excluding hydrogens is 519 g/mol. The van der Waals surface area contributed by atoms with Gasteiger partial charge in [0.1, 0.15) is 5.75 Å². The van der Waals surface area contributed by atoms with Gasteiger partial charge in [-0.2, -0.15) is 0 Å². The van der Waals surface area contributed by atoms with E-state index in [1.165, 1.54) is 0 Å². The SMILES string of the molecule is CCNC(=NCc1ccc(C(=O)NC)cc1)NCc1ccc(C)cc1OCCCOC.I. The van der Waals surface area contributed by atoms with E-state index in [4.69, 9.17) is 9.47 Å². The third-order valence-corrected chi connectivity index (χ3v) is 4.63. The highest BCUT2D eigenvalue weighted by molar-refractivity contribution is 14.0. The van der Waals surface area contributed by atoms with Crippen LogP contribution in [0, 0.1) is 6.92 Å². The van der Waals surface area contributed by atoms with E-state index in [1.807, 2.05) is 31.2 Å². The minimum Gasteiger partial charge on any atom is -0.493 e. The standard InChI is InChI=1S/C24H34N4O3.HI/c1-5-26-24(27-16-19-8-11-20(12-9-19)23(29)25-3)28-17-21-10-7-18(2)15-22(21)31-14-6-13-30-4;/h7-12,15H,5-6,13-14,16-17H2,1-4H3,(H,25,29)(H2,26,27,28);1H. The third kappa shape index (κ3) is 9.44. The maximum absolute atomic E-state index is 11.7. The molecule has 3 N–H and O–H groups in total. The fourth-order valence-electron chi connectivity index (χ4n) is 2.92. The Hall–Kier alpha value is -2.33. The van der Waals surface area contributed by atoms with Crippen LogP contribution < -0.4 is 20.7 Å². The van der Waals surface area contributed by atoms with Gasteiger partial charge in [-0.1, -0.05) is 24.3 Å². The summed E-state index contributed by atoms with van der Waals surface area (Å²) < 4.78 is 11.1. The van der Waals surface area contributed by atoms with Gasteiger partial charge in [0.25, 0.3) is 5.91 Å². The third-order valence-electron chi connectivity index (χ3n) is 4.63. The number of nitrogens with one attached hydrogen (secondary N) is 3. The van der Waals surface area contributed by atoms with Crippen LogP contribution in [0.2, 0.25) is 0 Å². The van der Waals surface area contributed by atoms with E-state index in [0.717, 1.165) is 41.4 Å². The van der Waals surface area contributed by atoms with Crippen LogP contribution >= 0.6 is 24.0 Å². The summed E-state index contributed by atoms with van der Waals surface area (Å²) in [5, 5.41) is 9.27. The Morgan fingerprint density at radius 2 is 1.81 bits per heavy atom. The molecule has 0 unspecified atom stereocenters. The predicted octanol–water partition coefficient (Wildman–Crippen LogP) is 3.64. The summed E-state index contributed by atoms with van der Waals surface area (Å²) in [5.74, 6) is 1.51. The number of guanidine groups is 1. The predicted molar refractivity (Wildman–Crippen MR) is 140 cm³/mol. The molecule has 2 aromatic carbocycles. The quantitative estimate of drug-likeness (QED) is 0.171. The van der Waals surface area contributed by atoms with Crippen LogP contribution in [0.15, 0.2) is 47.5 Å². The second kappa shape index (κ2) is 15.5. The van der Waals surface area contributed by atoms with Gasteiger partial charge in [-0.05, 0) is 43.2 Å². The molecule has 176 valence electrons. The molecule has 0 aromatic heterocycles. The van der Waals surface area contributed by atoms with Crippen molar-refractivity contribution >= 4 is 35.8 Å². The summed E-state index contributed by atoms with van der Waals surface area (Å²) in [6.07, 6.45) is 0.847. The first-order valence-corrected chi connectivity index (χ1v) is 10.6. The van der Waals surface area contributed by atoms with Crippen LogP contribution in [-0.4, -0.2) is 45.8 Å². The highest BCUT2D eigenvalue weighted by Gasteiger charge is 2.07. The number of hydrogen-bond acceptors (Lipinski definition) is 4. The number of aryl methyl sites for hydroxylation is 1. The molecule has 2 rings (SSSR count).